The van der Waals surface area contributed by atoms with Crippen molar-refractivity contribution in [2.75, 3.05) is 11.9 Å². The molecule has 6 nitrogen and oxygen atoms in total. The summed E-state index contributed by atoms with van der Waals surface area (Å²) in [5.74, 6) is -0.817. The lowest BCUT2D eigenvalue weighted by Gasteiger charge is -2.28. The van der Waals surface area contributed by atoms with Gasteiger partial charge in [0.25, 0.3) is 0 Å². The Bertz CT molecular complexity index is 734. The molecule has 1 saturated heterocycles. The first-order valence-electron chi connectivity index (χ1n) is 8.32. The molecule has 150 valence electrons. The quantitative estimate of drug-likeness (QED) is 0.720. The maximum atomic E-state index is 12.9. The number of alkyl halides is 3. The molecule has 0 aliphatic carbocycles. The van der Waals surface area contributed by atoms with Crippen molar-refractivity contribution in [3.63, 3.8) is 0 Å². The first kappa shape index (κ1) is 21.5. The zero-order valence-electron chi connectivity index (χ0n) is 15.4. The van der Waals surface area contributed by atoms with E-state index in [-0.39, 0.29) is 16.2 Å². The fraction of sp³-hybridized carbons (Fsp3) is 0.588. The average molecular weight is 452 g/mol. The molecular weight excluding hydrogens is 431 g/mol. The van der Waals surface area contributed by atoms with Gasteiger partial charge in [0.1, 0.15) is 23.2 Å². The van der Waals surface area contributed by atoms with Crippen molar-refractivity contribution < 1.29 is 27.5 Å². The summed E-state index contributed by atoms with van der Waals surface area (Å²) in [6.45, 7) is 7.34. The van der Waals surface area contributed by atoms with E-state index in [9.17, 15) is 22.8 Å². The molecule has 0 spiro atoms. The number of nitrogens with zero attached hydrogens (tertiary/aromatic N) is 2. The predicted molar refractivity (Wildman–Crippen MR) is 96.1 cm³/mol. The summed E-state index contributed by atoms with van der Waals surface area (Å²) in [7, 11) is 0. The van der Waals surface area contributed by atoms with E-state index in [1.54, 1.807) is 20.8 Å². The van der Waals surface area contributed by atoms with Crippen molar-refractivity contribution in [2.45, 2.75) is 51.9 Å². The third-order valence-electron chi connectivity index (χ3n) is 3.82. The lowest BCUT2D eigenvalue weighted by atomic mass is 10.1. The van der Waals surface area contributed by atoms with Gasteiger partial charge in [0.15, 0.2) is 0 Å². The number of carbonyl (C=O) groups is 2. The molecular formula is C17H21BrF3N3O3. The molecule has 1 fully saturated rings. The minimum absolute atomic E-state index is 0.0474. The Morgan fingerprint density at radius 2 is 1.93 bits per heavy atom. The van der Waals surface area contributed by atoms with Gasteiger partial charge in [-0.3, -0.25) is 9.69 Å². The number of anilines is 1. The van der Waals surface area contributed by atoms with Crippen LogP contribution in [0.2, 0.25) is 0 Å². The Morgan fingerprint density at radius 3 is 2.48 bits per heavy atom. The second kappa shape index (κ2) is 7.65. The molecule has 2 unspecified atom stereocenters. The number of nitrogens with one attached hydrogen (secondary N) is 1. The molecule has 1 aromatic rings. The van der Waals surface area contributed by atoms with Crippen LogP contribution in [0.3, 0.4) is 0 Å². The van der Waals surface area contributed by atoms with Crippen LogP contribution >= 0.6 is 15.9 Å². The SMILES string of the molecule is CC1CC(C(=O)Nc2nc(C(F)(F)F)ccc2Br)N(C(=O)OC(C)(C)C)C1. The number of hydrogen-bond acceptors (Lipinski definition) is 4. The van der Waals surface area contributed by atoms with Crippen LogP contribution < -0.4 is 5.32 Å². The van der Waals surface area contributed by atoms with E-state index in [2.05, 4.69) is 26.2 Å². The lowest BCUT2D eigenvalue weighted by molar-refractivity contribution is -0.141. The number of aromatic nitrogens is 1. The van der Waals surface area contributed by atoms with E-state index in [4.69, 9.17) is 4.74 Å². The summed E-state index contributed by atoms with van der Waals surface area (Å²) in [5, 5.41) is 2.39. The molecule has 2 amide bonds. The number of amides is 2. The molecule has 1 aliphatic rings. The highest BCUT2D eigenvalue weighted by Crippen LogP contribution is 2.32. The lowest BCUT2D eigenvalue weighted by Crippen LogP contribution is -2.45. The van der Waals surface area contributed by atoms with Gasteiger partial charge in [-0.25, -0.2) is 9.78 Å². The maximum Gasteiger partial charge on any atom is 0.433 e. The highest BCUT2D eigenvalue weighted by molar-refractivity contribution is 9.10. The van der Waals surface area contributed by atoms with Crippen molar-refractivity contribution in [2.24, 2.45) is 5.92 Å². The highest BCUT2D eigenvalue weighted by atomic mass is 79.9. The summed E-state index contributed by atoms with van der Waals surface area (Å²) in [6.07, 6.45) is -4.89. The number of carbonyl (C=O) groups excluding carboxylic acids is 2. The molecule has 2 heterocycles. The summed E-state index contributed by atoms with van der Waals surface area (Å²) in [4.78, 5) is 29.8. The standard InChI is InChI=1S/C17H21BrF3N3O3/c1-9-7-11(24(8-9)15(26)27-16(2,3)4)14(25)23-13-10(18)5-6-12(22-13)17(19,20)21/h5-6,9,11H,7-8H2,1-4H3,(H,22,23,25). The largest absolute Gasteiger partial charge is 0.444 e. The maximum absolute atomic E-state index is 12.9. The van der Waals surface area contributed by atoms with Crippen LogP contribution in [0.15, 0.2) is 16.6 Å². The Hall–Kier alpha value is -1.84. The van der Waals surface area contributed by atoms with Crippen molar-refractivity contribution >= 4 is 33.7 Å². The molecule has 10 heteroatoms. The first-order valence-corrected chi connectivity index (χ1v) is 9.11. The van der Waals surface area contributed by atoms with Crippen molar-refractivity contribution in [1.82, 2.24) is 9.88 Å². The monoisotopic (exact) mass is 451 g/mol. The first-order chi connectivity index (χ1) is 12.3. The van der Waals surface area contributed by atoms with Gasteiger partial charge in [0, 0.05) is 6.54 Å². The summed E-state index contributed by atoms with van der Waals surface area (Å²) in [5.41, 5.74) is -1.85. The van der Waals surface area contributed by atoms with E-state index in [1.165, 1.54) is 4.90 Å². The van der Waals surface area contributed by atoms with Crippen molar-refractivity contribution in [3.8, 4) is 0 Å². The summed E-state index contributed by atoms with van der Waals surface area (Å²) >= 11 is 3.08. The van der Waals surface area contributed by atoms with Crippen molar-refractivity contribution in [3.05, 3.63) is 22.3 Å². The molecule has 0 bridgehead atoms. The van der Waals surface area contributed by atoms with E-state index < -0.39 is 35.5 Å². The van der Waals surface area contributed by atoms with E-state index >= 15 is 0 Å². The predicted octanol–water partition coefficient (Wildman–Crippen LogP) is 4.45. The topological polar surface area (TPSA) is 71.5 Å². The van der Waals surface area contributed by atoms with Crippen LogP contribution in [0.4, 0.5) is 23.8 Å². The van der Waals surface area contributed by atoms with Gasteiger partial charge in [-0.15, -0.1) is 0 Å². The van der Waals surface area contributed by atoms with Crippen molar-refractivity contribution in [1.29, 1.82) is 0 Å². The van der Waals surface area contributed by atoms with E-state index in [0.717, 1.165) is 12.1 Å². The highest BCUT2D eigenvalue weighted by Gasteiger charge is 2.40. The average Bonchev–Trinajstić information content (AvgIpc) is 2.89. The van der Waals surface area contributed by atoms with Crippen LogP contribution in [0.25, 0.3) is 0 Å². The number of rotatable bonds is 2. The van der Waals surface area contributed by atoms with Crippen LogP contribution in [-0.2, 0) is 15.7 Å². The molecule has 27 heavy (non-hydrogen) atoms. The van der Waals surface area contributed by atoms with Crippen LogP contribution in [-0.4, -0.2) is 40.1 Å². The number of hydrogen-bond donors (Lipinski definition) is 1. The minimum atomic E-state index is -4.63. The normalized spacial score (nSPS) is 20.5. The fourth-order valence-corrected chi connectivity index (χ4v) is 3.02. The van der Waals surface area contributed by atoms with Gasteiger partial charge in [0.05, 0.1) is 4.47 Å². The molecule has 1 aliphatic heterocycles. The third kappa shape index (κ3) is 5.57. The van der Waals surface area contributed by atoms with E-state index in [1.807, 2.05) is 6.92 Å². The van der Waals surface area contributed by atoms with Gasteiger partial charge in [-0.05, 0) is 61.2 Å². The Balaban J connectivity index is 2.20. The van der Waals surface area contributed by atoms with Gasteiger partial charge in [-0.2, -0.15) is 13.2 Å². The minimum Gasteiger partial charge on any atom is -0.444 e. The van der Waals surface area contributed by atoms with E-state index in [0.29, 0.717) is 13.0 Å². The summed E-state index contributed by atoms with van der Waals surface area (Å²) < 4.78 is 44.1. The second-order valence-electron chi connectivity index (χ2n) is 7.50. The molecule has 0 radical (unpaired) electrons. The molecule has 1 N–H and O–H groups in total. The second-order valence-corrected chi connectivity index (χ2v) is 8.36. The van der Waals surface area contributed by atoms with Gasteiger partial charge in [-0.1, -0.05) is 6.92 Å². The third-order valence-corrected chi connectivity index (χ3v) is 4.46. The number of halogens is 4. The molecule has 1 aromatic heterocycles. The smallest absolute Gasteiger partial charge is 0.433 e. The molecule has 2 rings (SSSR count). The number of pyridine rings is 1. The molecule has 2 atom stereocenters. The number of likely N-dealkylation sites (tertiary alicyclic amines) is 1. The van der Waals surface area contributed by atoms with Crippen LogP contribution in [0.1, 0.15) is 39.8 Å². The Kier molecular flexibility index (Phi) is 6.08. The number of ether oxygens (including phenoxy) is 1. The van der Waals surface area contributed by atoms with Crippen LogP contribution in [0.5, 0.6) is 0 Å². The molecule has 0 aromatic carbocycles. The zero-order valence-corrected chi connectivity index (χ0v) is 16.9. The fourth-order valence-electron chi connectivity index (χ4n) is 2.70. The van der Waals surface area contributed by atoms with Gasteiger partial charge < -0.3 is 10.1 Å². The van der Waals surface area contributed by atoms with Gasteiger partial charge >= 0.3 is 12.3 Å². The Labute approximate surface area is 163 Å². The molecule has 0 saturated carbocycles. The van der Waals surface area contributed by atoms with Crippen LogP contribution in [0, 0.1) is 5.92 Å². The van der Waals surface area contributed by atoms with Gasteiger partial charge in [0.2, 0.25) is 5.91 Å². The Morgan fingerprint density at radius 1 is 1.30 bits per heavy atom. The summed E-state index contributed by atoms with van der Waals surface area (Å²) in [6, 6.07) is 1.12. The zero-order chi connectivity index (χ0) is 20.6.